The molecule has 0 aliphatic heterocycles. The Morgan fingerprint density at radius 3 is 2.82 bits per heavy atom. The first-order chi connectivity index (χ1) is 5.27. The van der Waals surface area contributed by atoms with E-state index in [9.17, 15) is 4.79 Å². The molecule has 2 heteroatoms. The Morgan fingerprint density at radius 2 is 2.27 bits per heavy atom. The predicted octanol–water partition coefficient (Wildman–Crippen LogP) is 2.30. The summed E-state index contributed by atoms with van der Waals surface area (Å²) >= 11 is 0. The van der Waals surface area contributed by atoms with Crippen LogP contribution in [0.3, 0.4) is 0 Å². The zero-order valence-electron chi connectivity index (χ0n) is 7.30. The summed E-state index contributed by atoms with van der Waals surface area (Å²) in [5, 5.41) is 0. The van der Waals surface area contributed by atoms with E-state index in [0.717, 1.165) is 6.42 Å². The van der Waals surface area contributed by atoms with Crippen molar-refractivity contribution in [3.63, 3.8) is 0 Å². The highest BCUT2D eigenvalue weighted by Crippen LogP contribution is 1.94. The molecule has 0 rings (SSSR count). The molecule has 0 saturated heterocycles. The van der Waals surface area contributed by atoms with Crippen LogP contribution in [0.15, 0.2) is 12.3 Å². The van der Waals surface area contributed by atoms with Gasteiger partial charge in [-0.2, -0.15) is 0 Å². The fourth-order valence-corrected chi connectivity index (χ4v) is 0.624. The van der Waals surface area contributed by atoms with Gasteiger partial charge < -0.3 is 4.74 Å². The Hall–Kier alpha value is -0.790. The minimum atomic E-state index is 0.0603. The number of Topliss-reactive ketones (excluding diaryl/α,β-unsaturated/α-hetero) is 1. The molecule has 64 valence electrons. The van der Waals surface area contributed by atoms with Crippen molar-refractivity contribution in [1.82, 2.24) is 0 Å². The van der Waals surface area contributed by atoms with Crippen LogP contribution in [0.4, 0.5) is 0 Å². The number of rotatable bonds is 6. The number of carbonyl (C=O) groups excluding carboxylic acids is 1. The van der Waals surface area contributed by atoms with Gasteiger partial charge in [0.15, 0.2) is 5.78 Å². The largest absolute Gasteiger partial charge is 0.494 e. The van der Waals surface area contributed by atoms with Gasteiger partial charge in [0.05, 0.1) is 6.26 Å². The number of unbranched alkanes of at least 4 members (excludes halogenated alkanes) is 2. The van der Waals surface area contributed by atoms with Crippen LogP contribution in [-0.2, 0) is 9.53 Å². The third kappa shape index (κ3) is 9.21. The molecule has 0 amide bonds. The molecule has 0 aliphatic carbocycles. The van der Waals surface area contributed by atoms with Crippen LogP contribution in [0.1, 0.15) is 33.1 Å². The summed E-state index contributed by atoms with van der Waals surface area (Å²) in [6, 6.07) is 0. The predicted molar refractivity (Wildman–Crippen MR) is 45.3 cm³/mol. The van der Waals surface area contributed by atoms with Gasteiger partial charge in [0.1, 0.15) is 6.61 Å². The molecule has 0 aliphatic rings. The van der Waals surface area contributed by atoms with Gasteiger partial charge in [-0.05, 0) is 25.8 Å². The summed E-state index contributed by atoms with van der Waals surface area (Å²) in [6.07, 6.45) is 6.97. The van der Waals surface area contributed by atoms with Crippen LogP contribution in [0.5, 0.6) is 0 Å². The van der Waals surface area contributed by atoms with Gasteiger partial charge in [-0.1, -0.05) is 13.3 Å². The quantitative estimate of drug-likeness (QED) is 0.435. The minimum Gasteiger partial charge on any atom is -0.494 e. The number of allylic oxidation sites excluding steroid dienone is 1. The molecule has 0 fully saturated rings. The van der Waals surface area contributed by atoms with E-state index in [1.807, 2.05) is 6.08 Å². The molecule has 0 heterocycles. The fourth-order valence-electron chi connectivity index (χ4n) is 0.624. The lowest BCUT2D eigenvalue weighted by atomic mass is 10.2. The van der Waals surface area contributed by atoms with Crippen molar-refractivity contribution in [1.29, 1.82) is 0 Å². The van der Waals surface area contributed by atoms with Crippen molar-refractivity contribution < 1.29 is 9.53 Å². The fraction of sp³-hybridized carbons (Fsp3) is 0.667. The van der Waals surface area contributed by atoms with Crippen LogP contribution >= 0.6 is 0 Å². The highest BCUT2D eigenvalue weighted by molar-refractivity contribution is 5.76. The van der Waals surface area contributed by atoms with Gasteiger partial charge in [0, 0.05) is 0 Å². The van der Waals surface area contributed by atoms with Gasteiger partial charge in [-0.15, -0.1) is 0 Å². The van der Waals surface area contributed by atoms with Gasteiger partial charge in [0.25, 0.3) is 0 Å². The van der Waals surface area contributed by atoms with Gasteiger partial charge in [-0.3, -0.25) is 4.79 Å². The zero-order valence-corrected chi connectivity index (χ0v) is 7.30. The highest BCUT2D eigenvalue weighted by atomic mass is 16.5. The standard InChI is InChI=1S/C9H16O2/c1-3-4-5-6-7-11-8-9(2)10/h6-7H,3-5,8H2,1-2H3. The van der Waals surface area contributed by atoms with Crippen molar-refractivity contribution >= 4 is 5.78 Å². The molecule has 0 aromatic carbocycles. The van der Waals surface area contributed by atoms with Crippen molar-refractivity contribution in [2.24, 2.45) is 0 Å². The van der Waals surface area contributed by atoms with E-state index >= 15 is 0 Å². The van der Waals surface area contributed by atoms with E-state index < -0.39 is 0 Å². The zero-order chi connectivity index (χ0) is 8.53. The average Bonchev–Trinajstić information content (AvgIpc) is 1.96. The first-order valence-electron chi connectivity index (χ1n) is 4.03. The smallest absolute Gasteiger partial charge is 0.167 e. The van der Waals surface area contributed by atoms with Crippen molar-refractivity contribution in [2.75, 3.05) is 6.61 Å². The lowest BCUT2D eigenvalue weighted by Gasteiger charge is -1.94. The van der Waals surface area contributed by atoms with Crippen molar-refractivity contribution in [2.45, 2.75) is 33.1 Å². The van der Waals surface area contributed by atoms with Crippen molar-refractivity contribution in [3.05, 3.63) is 12.3 Å². The number of ketones is 1. The molecular formula is C9H16O2. The molecule has 0 N–H and O–H groups in total. The Balaban J connectivity index is 3.10. The molecule has 0 spiro atoms. The Bertz CT molecular complexity index is 128. The van der Waals surface area contributed by atoms with Gasteiger partial charge in [0.2, 0.25) is 0 Å². The third-order valence-electron chi connectivity index (χ3n) is 1.20. The Labute approximate surface area is 68.2 Å². The Morgan fingerprint density at radius 1 is 1.55 bits per heavy atom. The molecule has 0 saturated carbocycles. The van der Waals surface area contributed by atoms with Gasteiger partial charge >= 0.3 is 0 Å². The van der Waals surface area contributed by atoms with Crippen LogP contribution in [0.25, 0.3) is 0 Å². The van der Waals surface area contributed by atoms with Crippen LogP contribution in [0.2, 0.25) is 0 Å². The molecule has 0 atom stereocenters. The third-order valence-corrected chi connectivity index (χ3v) is 1.20. The first-order valence-corrected chi connectivity index (χ1v) is 4.03. The number of hydrogen-bond acceptors (Lipinski definition) is 2. The summed E-state index contributed by atoms with van der Waals surface area (Å²) in [4.78, 5) is 10.4. The SMILES string of the molecule is CCCCC=COCC(C)=O. The van der Waals surface area contributed by atoms with Crippen LogP contribution in [-0.4, -0.2) is 12.4 Å². The molecule has 0 unspecified atom stereocenters. The first kappa shape index (κ1) is 10.2. The van der Waals surface area contributed by atoms with Crippen LogP contribution in [0, 0.1) is 0 Å². The normalized spacial score (nSPS) is 10.4. The maximum atomic E-state index is 10.4. The number of ether oxygens (including phenoxy) is 1. The lowest BCUT2D eigenvalue weighted by Crippen LogP contribution is -1.98. The van der Waals surface area contributed by atoms with E-state index in [4.69, 9.17) is 4.74 Å². The van der Waals surface area contributed by atoms with E-state index in [1.165, 1.54) is 19.8 Å². The van der Waals surface area contributed by atoms with Gasteiger partial charge in [-0.25, -0.2) is 0 Å². The summed E-state index contributed by atoms with van der Waals surface area (Å²) in [5.41, 5.74) is 0. The molecule has 0 radical (unpaired) electrons. The second-order valence-corrected chi connectivity index (χ2v) is 2.53. The molecule has 0 bridgehead atoms. The molecule has 11 heavy (non-hydrogen) atoms. The Kier molecular flexibility index (Phi) is 6.79. The topological polar surface area (TPSA) is 26.3 Å². The summed E-state index contributed by atoms with van der Waals surface area (Å²) in [5.74, 6) is 0.0603. The van der Waals surface area contributed by atoms with E-state index in [2.05, 4.69) is 6.92 Å². The molecule has 0 aromatic rings. The average molecular weight is 156 g/mol. The maximum absolute atomic E-state index is 10.4. The second-order valence-electron chi connectivity index (χ2n) is 2.53. The van der Waals surface area contributed by atoms with E-state index in [1.54, 1.807) is 6.26 Å². The summed E-state index contributed by atoms with van der Waals surface area (Å²) in [6.45, 7) is 3.85. The van der Waals surface area contributed by atoms with E-state index in [0.29, 0.717) is 0 Å². The molecule has 2 nitrogen and oxygen atoms in total. The van der Waals surface area contributed by atoms with Crippen molar-refractivity contribution in [3.8, 4) is 0 Å². The number of hydrogen-bond donors (Lipinski definition) is 0. The minimum absolute atomic E-state index is 0.0603. The molecule has 0 aromatic heterocycles. The monoisotopic (exact) mass is 156 g/mol. The van der Waals surface area contributed by atoms with Crippen LogP contribution < -0.4 is 0 Å². The molecular weight excluding hydrogens is 140 g/mol. The highest BCUT2D eigenvalue weighted by Gasteiger charge is 1.87. The summed E-state index contributed by atoms with van der Waals surface area (Å²) < 4.78 is 4.91. The summed E-state index contributed by atoms with van der Waals surface area (Å²) in [7, 11) is 0. The van der Waals surface area contributed by atoms with E-state index in [-0.39, 0.29) is 12.4 Å². The lowest BCUT2D eigenvalue weighted by molar-refractivity contribution is -0.119. The maximum Gasteiger partial charge on any atom is 0.167 e. The number of carbonyl (C=O) groups is 1. The second kappa shape index (κ2) is 7.32.